The van der Waals surface area contributed by atoms with Crippen molar-refractivity contribution in [2.75, 3.05) is 13.1 Å². The average molecular weight is 368 g/mol. The Morgan fingerprint density at radius 2 is 1.65 bits per heavy atom. The second kappa shape index (κ2) is 7.68. The van der Waals surface area contributed by atoms with Crippen molar-refractivity contribution >= 4 is 11.8 Å². The van der Waals surface area contributed by atoms with E-state index in [1.807, 2.05) is 4.90 Å². The smallest absolute Gasteiger partial charge is 0.347 e. The van der Waals surface area contributed by atoms with Crippen LogP contribution in [-0.2, 0) is 11.0 Å². The van der Waals surface area contributed by atoms with Crippen molar-refractivity contribution in [1.82, 2.24) is 10.2 Å². The van der Waals surface area contributed by atoms with Crippen LogP contribution in [0.25, 0.3) is 0 Å². The van der Waals surface area contributed by atoms with Crippen molar-refractivity contribution in [3.05, 3.63) is 35.4 Å². The molecule has 0 bridgehead atoms. The van der Waals surface area contributed by atoms with Gasteiger partial charge in [-0.25, -0.2) is 0 Å². The summed E-state index contributed by atoms with van der Waals surface area (Å²) in [5.74, 6) is -0.125. The Labute approximate surface area is 150 Å². The molecule has 142 valence electrons. The van der Waals surface area contributed by atoms with Gasteiger partial charge >= 0.3 is 6.18 Å². The van der Waals surface area contributed by atoms with Crippen LogP contribution in [0.2, 0.25) is 0 Å². The molecule has 26 heavy (non-hydrogen) atoms. The Balaban J connectivity index is 1.53. The van der Waals surface area contributed by atoms with E-state index in [1.54, 1.807) is 0 Å². The zero-order chi connectivity index (χ0) is 18.7. The topological polar surface area (TPSA) is 49.4 Å². The second-order valence-corrected chi connectivity index (χ2v) is 7.15. The Bertz CT molecular complexity index is 652. The predicted octanol–water partition coefficient (Wildman–Crippen LogP) is 3.62. The van der Waals surface area contributed by atoms with Gasteiger partial charge in [-0.3, -0.25) is 9.59 Å². The molecule has 1 atom stereocenters. The molecule has 0 spiro atoms. The summed E-state index contributed by atoms with van der Waals surface area (Å²) >= 11 is 0. The van der Waals surface area contributed by atoms with Gasteiger partial charge in [0.05, 0.1) is 5.56 Å². The fourth-order valence-electron chi connectivity index (χ4n) is 3.77. The number of carbonyl (C=O) groups is 2. The number of hydrogen-bond donors (Lipinski definition) is 1. The summed E-state index contributed by atoms with van der Waals surface area (Å²) in [6.07, 6.45) is 1.52. The zero-order valence-electron chi connectivity index (χ0n) is 14.5. The van der Waals surface area contributed by atoms with Crippen LogP contribution in [0.1, 0.15) is 54.4 Å². The van der Waals surface area contributed by atoms with E-state index < -0.39 is 17.6 Å². The van der Waals surface area contributed by atoms with Crippen molar-refractivity contribution in [1.29, 1.82) is 0 Å². The number of rotatable bonds is 3. The Morgan fingerprint density at radius 1 is 1.00 bits per heavy atom. The molecule has 1 aromatic carbocycles. The maximum Gasteiger partial charge on any atom is 0.416 e. The highest BCUT2D eigenvalue weighted by atomic mass is 19.4. The average Bonchev–Trinajstić information content (AvgIpc) is 3.09. The van der Waals surface area contributed by atoms with Crippen LogP contribution in [0, 0.1) is 5.92 Å². The van der Waals surface area contributed by atoms with Crippen LogP contribution in [0.5, 0.6) is 0 Å². The van der Waals surface area contributed by atoms with E-state index in [0.717, 1.165) is 37.8 Å². The van der Waals surface area contributed by atoms with Crippen molar-refractivity contribution in [3.63, 3.8) is 0 Å². The molecule has 2 amide bonds. The molecular formula is C19H23F3N2O2. The van der Waals surface area contributed by atoms with Crippen LogP contribution in [0.3, 0.4) is 0 Å². The molecule has 2 aliphatic rings. The van der Waals surface area contributed by atoms with Crippen LogP contribution in [-0.4, -0.2) is 35.8 Å². The monoisotopic (exact) mass is 368 g/mol. The summed E-state index contributed by atoms with van der Waals surface area (Å²) in [6, 6.07) is 4.01. The molecule has 1 aliphatic heterocycles. The van der Waals surface area contributed by atoms with Crippen molar-refractivity contribution < 1.29 is 22.8 Å². The number of benzene rings is 1. The van der Waals surface area contributed by atoms with E-state index in [9.17, 15) is 22.8 Å². The number of nitrogens with one attached hydrogen (secondary N) is 1. The fourth-order valence-corrected chi connectivity index (χ4v) is 3.77. The van der Waals surface area contributed by atoms with Gasteiger partial charge in [-0.1, -0.05) is 19.3 Å². The quantitative estimate of drug-likeness (QED) is 0.886. The molecular weight excluding hydrogens is 345 g/mol. The van der Waals surface area contributed by atoms with Crippen LogP contribution >= 0.6 is 0 Å². The Hall–Kier alpha value is -2.05. The van der Waals surface area contributed by atoms with Gasteiger partial charge in [0.2, 0.25) is 5.91 Å². The van der Waals surface area contributed by atoms with Gasteiger partial charge in [0.15, 0.2) is 0 Å². The summed E-state index contributed by atoms with van der Waals surface area (Å²) in [5, 5.41) is 2.83. The minimum atomic E-state index is -4.42. The van der Waals surface area contributed by atoms with Crippen molar-refractivity contribution in [3.8, 4) is 0 Å². The number of alkyl halides is 3. The number of carbonyl (C=O) groups excluding carboxylic acids is 2. The second-order valence-electron chi connectivity index (χ2n) is 7.15. The predicted molar refractivity (Wildman–Crippen MR) is 90.5 cm³/mol. The van der Waals surface area contributed by atoms with Gasteiger partial charge < -0.3 is 10.2 Å². The number of hydrogen-bond acceptors (Lipinski definition) is 2. The number of amides is 2. The van der Waals surface area contributed by atoms with E-state index in [-0.39, 0.29) is 23.4 Å². The van der Waals surface area contributed by atoms with Gasteiger partial charge in [0.25, 0.3) is 5.91 Å². The number of likely N-dealkylation sites (tertiary alicyclic amines) is 1. The Kier molecular flexibility index (Phi) is 5.53. The molecule has 1 aliphatic carbocycles. The highest BCUT2D eigenvalue weighted by Gasteiger charge is 2.33. The number of halogens is 3. The third-order valence-electron chi connectivity index (χ3n) is 5.26. The molecule has 0 radical (unpaired) electrons. The zero-order valence-corrected chi connectivity index (χ0v) is 14.5. The molecule has 7 heteroatoms. The first-order valence-electron chi connectivity index (χ1n) is 9.11. The molecule has 1 saturated heterocycles. The van der Waals surface area contributed by atoms with Crippen molar-refractivity contribution in [2.45, 2.75) is 50.7 Å². The molecule has 3 rings (SSSR count). The summed E-state index contributed by atoms with van der Waals surface area (Å²) in [7, 11) is 0. The molecule has 1 N–H and O–H groups in total. The highest BCUT2D eigenvalue weighted by Crippen LogP contribution is 2.29. The first-order chi connectivity index (χ1) is 12.3. The highest BCUT2D eigenvalue weighted by molar-refractivity contribution is 5.94. The molecule has 1 saturated carbocycles. The van der Waals surface area contributed by atoms with E-state index in [1.165, 1.54) is 18.6 Å². The number of nitrogens with zero attached hydrogens (tertiary/aromatic N) is 1. The fraction of sp³-hybridized carbons (Fsp3) is 0.579. The van der Waals surface area contributed by atoms with E-state index in [4.69, 9.17) is 0 Å². The third kappa shape index (κ3) is 4.37. The maximum atomic E-state index is 12.6. The minimum Gasteiger partial charge on any atom is -0.347 e. The van der Waals surface area contributed by atoms with Gasteiger partial charge in [-0.05, 0) is 43.5 Å². The van der Waals surface area contributed by atoms with Crippen LogP contribution in [0.15, 0.2) is 24.3 Å². The minimum absolute atomic E-state index is 0.105. The van der Waals surface area contributed by atoms with Crippen LogP contribution in [0.4, 0.5) is 13.2 Å². The lowest BCUT2D eigenvalue weighted by molar-refractivity contribution is -0.137. The molecule has 4 nitrogen and oxygen atoms in total. The van der Waals surface area contributed by atoms with E-state index in [0.29, 0.717) is 19.5 Å². The first kappa shape index (κ1) is 18.7. The summed E-state index contributed by atoms with van der Waals surface area (Å²) in [4.78, 5) is 26.6. The van der Waals surface area contributed by atoms with Gasteiger partial charge in [0.1, 0.15) is 0 Å². The standard InChI is InChI=1S/C19H23F3N2O2/c20-19(21,22)15-8-6-13(7-9-15)17(25)23-16-10-11-24(12-16)18(26)14-4-2-1-3-5-14/h6-9,14,16H,1-5,10-12H2,(H,23,25). The lowest BCUT2D eigenvalue weighted by atomic mass is 9.88. The first-order valence-corrected chi connectivity index (χ1v) is 9.11. The SMILES string of the molecule is O=C(NC1CCN(C(=O)C2CCCCC2)C1)c1ccc(C(F)(F)F)cc1. The molecule has 1 heterocycles. The molecule has 0 aromatic heterocycles. The lowest BCUT2D eigenvalue weighted by Crippen LogP contribution is -2.40. The molecule has 2 fully saturated rings. The summed E-state index contributed by atoms with van der Waals surface area (Å²) < 4.78 is 37.7. The maximum absolute atomic E-state index is 12.6. The van der Waals surface area contributed by atoms with E-state index in [2.05, 4.69) is 5.32 Å². The largest absolute Gasteiger partial charge is 0.416 e. The van der Waals surface area contributed by atoms with Crippen molar-refractivity contribution in [2.24, 2.45) is 5.92 Å². The van der Waals surface area contributed by atoms with Gasteiger partial charge in [-0.15, -0.1) is 0 Å². The lowest BCUT2D eigenvalue weighted by Gasteiger charge is -2.26. The summed E-state index contributed by atoms with van der Waals surface area (Å²) in [6.45, 7) is 1.09. The van der Waals surface area contributed by atoms with Gasteiger partial charge in [-0.2, -0.15) is 13.2 Å². The normalized spacial score (nSPS) is 21.7. The van der Waals surface area contributed by atoms with Gasteiger partial charge in [0, 0.05) is 30.6 Å². The van der Waals surface area contributed by atoms with Crippen LogP contribution < -0.4 is 5.32 Å². The summed E-state index contributed by atoms with van der Waals surface area (Å²) in [5.41, 5.74) is -0.589. The Morgan fingerprint density at radius 3 is 2.27 bits per heavy atom. The van der Waals surface area contributed by atoms with E-state index >= 15 is 0 Å². The third-order valence-corrected chi connectivity index (χ3v) is 5.26. The molecule has 1 unspecified atom stereocenters. The molecule has 1 aromatic rings.